The van der Waals surface area contributed by atoms with Gasteiger partial charge in [-0.05, 0) is 36.4 Å². The Bertz CT molecular complexity index is 786. The summed E-state index contributed by atoms with van der Waals surface area (Å²) >= 11 is 0. The SMILES string of the molecule is COc1ccccc1NC(=O)CNc1ccc(C(=O)N2CCOCC2)cc1. The maximum atomic E-state index is 12.4. The van der Waals surface area contributed by atoms with Crippen molar-refractivity contribution in [1.29, 1.82) is 0 Å². The third-order valence-electron chi connectivity index (χ3n) is 4.26. The lowest BCUT2D eigenvalue weighted by Gasteiger charge is -2.26. The number of methoxy groups -OCH3 is 1. The second kappa shape index (κ2) is 9.05. The molecule has 0 unspecified atom stereocenters. The van der Waals surface area contributed by atoms with Gasteiger partial charge >= 0.3 is 0 Å². The first-order valence-electron chi connectivity index (χ1n) is 8.81. The number of benzene rings is 2. The highest BCUT2D eigenvalue weighted by Gasteiger charge is 2.18. The molecule has 0 radical (unpaired) electrons. The van der Waals surface area contributed by atoms with Gasteiger partial charge in [-0.15, -0.1) is 0 Å². The number of rotatable bonds is 6. The molecule has 2 aromatic carbocycles. The van der Waals surface area contributed by atoms with E-state index in [0.717, 1.165) is 5.69 Å². The predicted octanol–water partition coefficient (Wildman–Crippen LogP) is 2.22. The molecular formula is C20H23N3O4. The molecule has 7 nitrogen and oxygen atoms in total. The van der Waals surface area contributed by atoms with E-state index in [1.54, 1.807) is 48.4 Å². The molecule has 0 saturated carbocycles. The fourth-order valence-electron chi connectivity index (χ4n) is 2.80. The topological polar surface area (TPSA) is 79.9 Å². The zero-order chi connectivity index (χ0) is 19.1. The maximum Gasteiger partial charge on any atom is 0.254 e. The summed E-state index contributed by atoms with van der Waals surface area (Å²) in [4.78, 5) is 26.3. The Balaban J connectivity index is 1.52. The van der Waals surface area contributed by atoms with Crippen LogP contribution in [0, 0.1) is 0 Å². The van der Waals surface area contributed by atoms with Crippen molar-refractivity contribution < 1.29 is 19.1 Å². The summed E-state index contributed by atoms with van der Waals surface area (Å²) in [6.07, 6.45) is 0. The van der Waals surface area contributed by atoms with Gasteiger partial charge in [-0.2, -0.15) is 0 Å². The quantitative estimate of drug-likeness (QED) is 0.816. The van der Waals surface area contributed by atoms with Crippen LogP contribution in [0.25, 0.3) is 0 Å². The minimum absolute atomic E-state index is 0.00114. The lowest BCUT2D eigenvalue weighted by atomic mass is 10.1. The summed E-state index contributed by atoms with van der Waals surface area (Å²) < 4.78 is 10.5. The average Bonchev–Trinajstić information content (AvgIpc) is 2.73. The smallest absolute Gasteiger partial charge is 0.254 e. The first-order valence-corrected chi connectivity index (χ1v) is 8.81. The number of hydrogen-bond acceptors (Lipinski definition) is 5. The van der Waals surface area contributed by atoms with Crippen LogP contribution in [0.4, 0.5) is 11.4 Å². The molecule has 7 heteroatoms. The Hall–Kier alpha value is -3.06. The van der Waals surface area contributed by atoms with Gasteiger partial charge in [0.25, 0.3) is 5.91 Å². The maximum absolute atomic E-state index is 12.4. The van der Waals surface area contributed by atoms with E-state index < -0.39 is 0 Å². The summed E-state index contributed by atoms with van der Waals surface area (Å²) in [6, 6.07) is 14.4. The van der Waals surface area contributed by atoms with Crippen molar-refractivity contribution >= 4 is 23.2 Å². The highest BCUT2D eigenvalue weighted by Crippen LogP contribution is 2.22. The number of nitrogens with one attached hydrogen (secondary N) is 2. The number of amides is 2. The number of para-hydroxylation sites is 2. The number of carbonyl (C=O) groups excluding carboxylic acids is 2. The van der Waals surface area contributed by atoms with Crippen molar-refractivity contribution in [1.82, 2.24) is 4.90 Å². The van der Waals surface area contributed by atoms with E-state index in [1.807, 2.05) is 12.1 Å². The van der Waals surface area contributed by atoms with Gasteiger partial charge in [0.15, 0.2) is 0 Å². The van der Waals surface area contributed by atoms with Gasteiger partial charge in [0.05, 0.1) is 32.6 Å². The van der Waals surface area contributed by atoms with Crippen LogP contribution in [0.3, 0.4) is 0 Å². The minimum atomic E-state index is -0.187. The van der Waals surface area contributed by atoms with Crippen LogP contribution < -0.4 is 15.4 Å². The Labute approximate surface area is 158 Å². The van der Waals surface area contributed by atoms with Gasteiger partial charge in [-0.25, -0.2) is 0 Å². The van der Waals surface area contributed by atoms with Crippen molar-refractivity contribution in [2.75, 3.05) is 50.6 Å². The Morgan fingerprint density at radius 3 is 2.48 bits per heavy atom. The zero-order valence-corrected chi connectivity index (χ0v) is 15.2. The van der Waals surface area contributed by atoms with E-state index in [9.17, 15) is 9.59 Å². The van der Waals surface area contributed by atoms with Crippen LogP contribution in [0.1, 0.15) is 10.4 Å². The van der Waals surface area contributed by atoms with E-state index >= 15 is 0 Å². The summed E-state index contributed by atoms with van der Waals surface area (Å²) in [5, 5.41) is 5.86. The van der Waals surface area contributed by atoms with Crippen molar-refractivity contribution in [2.24, 2.45) is 0 Å². The molecule has 2 aromatic rings. The van der Waals surface area contributed by atoms with Crippen LogP contribution in [0.2, 0.25) is 0 Å². The first kappa shape index (κ1) is 18.7. The number of carbonyl (C=O) groups is 2. The highest BCUT2D eigenvalue weighted by atomic mass is 16.5. The zero-order valence-electron chi connectivity index (χ0n) is 15.2. The minimum Gasteiger partial charge on any atom is -0.495 e. The van der Waals surface area contributed by atoms with Crippen LogP contribution in [-0.2, 0) is 9.53 Å². The van der Waals surface area contributed by atoms with E-state index in [4.69, 9.17) is 9.47 Å². The number of hydrogen-bond donors (Lipinski definition) is 2. The van der Waals surface area contributed by atoms with Gasteiger partial charge in [0, 0.05) is 24.3 Å². The van der Waals surface area contributed by atoms with Gasteiger partial charge in [0.2, 0.25) is 5.91 Å². The van der Waals surface area contributed by atoms with Crippen LogP contribution >= 0.6 is 0 Å². The van der Waals surface area contributed by atoms with Gasteiger partial charge in [-0.1, -0.05) is 12.1 Å². The fourth-order valence-corrected chi connectivity index (χ4v) is 2.80. The number of nitrogens with zero attached hydrogens (tertiary/aromatic N) is 1. The summed E-state index contributed by atoms with van der Waals surface area (Å²) in [5.41, 5.74) is 2.02. The Kier molecular flexibility index (Phi) is 6.27. The molecule has 27 heavy (non-hydrogen) atoms. The van der Waals surface area contributed by atoms with Crippen molar-refractivity contribution in [2.45, 2.75) is 0 Å². The van der Waals surface area contributed by atoms with Crippen molar-refractivity contribution in [3.8, 4) is 5.75 Å². The molecule has 1 aliphatic heterocycles. The monoisotopic (exact) mass is 369 g/mol. The molecule has 1 fully saturated rings. The molecule has 2 N–H and O–H groups in total. The lowest BCUT2D eigenvalue weighted by Crippen LogP contribution is -2.40. The Morgan fingerprint density at radius 1 is 1.07 bits per heavy atom. The molecule has 1 heterocycles. The number of anilines is 2. The second-order valence-corrected chi connectivity index (χ2v) is 6.08. The molecule has 3 rings (SSSR count). The lowest BCUT2D eigenvalue weighted by molar-refractivity contribution is -0.114. The molecule has 0 spiro atoms. The molecule has 0 aromatic heterocycles. The molecule has 2 amide bonds. The second-order valence-electron chi connectivity index (χ2n) is 6.08. The number of ether oxygens (including phenoxy) is 2. The van der Waals surface area contributed by atoms with Crippen LogP contribution in [-0.4, -0.2) is 56.7 Å². The van der Waals surface area contributed by atoms with Crippen LogP contribution in [0.15, 0.2) is 48.5 Å². The standard InChI is InChI=1S/C20H23N3O4/c1-26-18-5-3-2-4-17(18)22-19(24)14-21-16-8-6-15(7-9-16)20(25)23-10-12-27-13-11-23/h2-9,21H,10-14H2,1H3,(H,22,24). The van der Waals surface area contributed by atoms with Crippen molar-refractivity contribution in [3.63, 3.8) is 0 Å². The molecule has 0 aliphatic carbocycles. The van der Waals surface area contributed by atoms with E-state index in [-0.39, 0.29) is 18.4 Å². The van der Waals surface area contributed by atoms with Gasteiger partial charge in [0.1, 0.15) is 5.75 Å². The van der Waals surface area contributed by atoms with Crippen LogP contribution in [0.5, 0.6) is 5.75 Å². The highest BCUT2D eigenvalue weighted by molar-refractivity contribution is 5.96. The molecule has 142 valence electrons. The van der Waals surface area contributed by atoms with Gasteiger partial charge in [-0.3, -0.25) is 9.59 Å². The van der Waals surface area contributed by atoms with E-state index in [1.165, 1.54) is 0 Å². The molecular weight excluding hydrogens is 346 g/mol. The molecule has 1 aliphatic rings. The predicted molar refractivity (Wildman–Crippen MR) is 103 cm³/mol. The first-order chi connectivity index (χ1) is 13.2. The normalized spacial score (nSPS) is 13.7. The molecule has 0 atom stereocenters. The summed E-state index contributed by atoms with van der Waals surface area (Å²) in [6.45, 7) is 2.48. The summed E-state index contributed by atoms with van der Waals surface area (Å²) in [5.74, 6) is 0.420. The Morgan fingerprint density at radius 2 is 1.78 bits per heavy atom. The van der Waals surface area contributed by atoms with E-state index in [0.29, 0.717) is 43.3 Å². The third kappa shape index (κ3) is 4.98. The fraction of sp³-hybridized carbons (Fsp3) is 0.300. The molecule has 1 saturated heterocycles. The molecule has 0 bridgehead atoms. The van der Waals surface area contributed by atoms with Crippen molar-refractivity contribution in [3.05, 3.63) is 54.1 Å². The summed E-state index contributed by atoms with van der Waals surface area (Å²) in [7, 11) is 1.56. The van der Waals surface area contributed by atoms with E-state index in [2.05, 4.69) is 10.6 Å². The third-order valence-corrected chi connectivity index (χ3v) is 4.26. The van der Waals surface area contributed by atoms with Gasteiger partial charge < -0.3 is 25.0 Å². The average molecular weight is 369 g/mol. The number of morpholine rings is 1. The largest absolute Gasteiger partial charge is 0.495 e.